The molecule has 0 aliphatic rings. The second kappa shape index (κ2) is 6.45. The second-order valence-electron chi connectivity index (χ2n) is 4.01. The van der Waals surface area contributed by atoms with E-state index in [2.05, 4.69) is 0 Å². The van der Waals surface area contributed by atoms with Crippen molar-refractivity contribution in [2.45, 2.75) is 13.5 Å². The van der Waals surface area contributed by atoms with Gasteiger partial charge < -0.3 is 9.47 Å². The van der Waals surface area contributed by atoms with E-state index < -0.39 is 0 Å². The van der Waals surface area contributed by atoms with Crippen LogP contribution in [0.1, 0.15) is 11.1 Å². The van der Waals surface area contributed by atoms with Crippen molar-refractivity contribution in [2.75, 3.05) is 34.5 Å². The molecule has 0 N–H and O–H groups in total. The summed E-state index contributed by atoms with van der Waals surface area (Å²) < 4.78 is 22.9. The Balaban J connectivity index is 2.96. The van der Waals surface area contributed by atoms with E-state index in [0.29, 0.717) is 13.1 Å². The number of hydrogen-bond acceptors (Lipinski definition) is 3. The van der Waals surface area contributed by atoms with Crippen molar-refractivity contribution in [1.82, 2.24) is 4.90 Å². The van der Waals surface area contributed by atoms with Crippen LogP contribution >= 0.6 is 0 Å². The molecular weight excluding hydrogens is 221 g/mol. The zero-order valence-electron chi connectivity index (χ0n) is 10.9. The maximum atomic E-state index is 12.2. The van der Waals surface area contributed by atoms with Crippen LogP contribution in [0.2, 0.25) is 0 Å². The van der Waals surface area contributed by atoms with E-state index in [9.17, 15) is 4.39 Å². The van der Waals surface area contributed by atoms with Gasteiger partial charge in [-0.15, -0.1) is 0 Å². The average Bonchev–Trinajstić information content (AvgIpc) is 2.30. The van der Waals surface area contributed by atoms with E-state index in [0.717, 1.165) is 22.6 Å². The lowest BCUT2D eigenvalue weighted by atomic mass is 10.1. The summed E-state index contributed by atoms with van der Waals surface area (Å²) in [5.41, 5.74) is 2.02. The summed E-state index contributed by atoms with van der Waals surface area (Å²) in [4.78, 5) is 1.92. The van der Waals surface area contributed by atoms with Crippen LogP contribution in [0.25, 0.3) is 0 Å². The minimum atomic E-state index is -0.339. The zero-order chi connectivity index (χ0) is 12.8. The summed E-state index contributed by atoms with van der Waals surface area (Å²) in [5.74, 6) is 1.62. The maximum absolute atomic E-state index is 12.2. The third kappa shape index (κ3) is 3.33. The van der Waals surface area contributed by atoms with E-state index in [4.69, 9.17) is 9.47 Å². The fraction of sp³-hybridized carbons (Fsp3) is 0.538. The Kier molecular flexibility index (Phi) is 5.22. The summed E-state index contributed by atoms with van der Waals surface area (Å²) in [7, 11) is 5.16. The minimum absolute atomic E-state index is 0.339. The van der Waals surface area contributed by atoms with Crippen LogP contribution in [0, 0.1) is 6.92 Å². The Hall–Kier alpha value is -1.29. The molecule has 96 valence electrons. The van der Waals surface area contributed by atoms with Gasteiger partial charge in [-0.2, -0.15) is 0 Å². The highest BCUT2D eigenvalue weighted by Gasteiger charge is 2.12. The van der Waals surface area contributed by atoms with Crippen LogP contribution in [0.4, 0.5) is 4.39 Å². The molecule has 0 saturated carbocycles. The predicted molar refractivity (Wildman–Crippen MR) is 66.6 cm³/mol. The lowest BCUT2D eigenvalue weighted by Crippen LogP contribution is -2.20. The van der Waals surface area contributed by atoms with Crippen LogP contribution in [-0.2, 0) is 6.54 Å². The molecule has 0 fully saturated rings. The fourth-order valence-electron chi connectivity index (χ4n) is 1.87. The van der Waals surface area contributed by atoms with Gasteiger partial charge in [0.05, 0.1) is 14.2 Å². The van der Waals surface area contributed by atoms with Crippen molar-refractivity contribution in [3.8, 4) is 11.5 Å². The quantitative estimate of drug-likeness (QED) is 0.763. The average molecular weight is 241 g/mol. The maximum Gasteiger partial charge on any atom is 0.129 e. The molecule has 0 amide bonds. The van der Waals surface area contributed by atoms with Crippen LogP contribution in [0.5, 0.6) is 11.5 Å². The first-order valence-electron chi connectivity index (χ1n) is 5.59. The molecule has 4 heteroatoms. The molecule has 0 atom stereocenters. The summed E-state index contributed by atoms with van der Waals surface area (Å²) in [5, 5.41) is 0. The second-order valence-corrected chi connectivity index (χ2v) is 4.01. The highest BCUT2D eigenvalue weighted by atomic mass is 19.1. The summed E-state index contributed by atoms with van der Waals surface area (Å²) in [6.45, 7) is 2.70. The Morgan fingerprint density at radius 1 is 1.24 bits per heavy atom. The van der Waals surface area contributed by atoms with Gasteiger partial charge in [0.25, 0.3) is 0 Å². The zero-order valence-corrected chi connectivity index (χ0v) is 10.9. The Morgan fingerprint density at radius 3 is 2.47 bits per heavy atom. The number of ether oxygens (including phenoxy) is 2. The molecular formula is C13H20FNO2. The first kappa shape index (κ1) is 13.8. The van der Waals surface area contributed by atoms with Crippen molar-refractivity contribution < 1.29 is 13.9 Å². The highest BCUT2D eigenvalue weighted by molar-refractivity contribution is 5.49. The molecule has 17 heavy (non-hydrogen) atoms. The number of benzene rings is 1. The SMILES string of the molecule is COc1ccc(CN(C)CCF)c(OC)c1C. The Labute approximate surface area is 102 Å². The highest BCUT2D eigenvalue weighted by Crippen LogP contribution is 2.31. The summed E-state index contributed by atoms with van der Waals surface area (Å²) >= 11 is 0. The van der Waals surface area contributed by atoms with E-state index in [1.54, 1.807) is 14.2 Å². The monoisotopic (exact) mass is 241 g/mol. The lowest BCUT2D eigenvalue weighted by Gasteiger charge is -2.19. The molecule has 0 aliphatic heterocycles. The number of halogens is 1. The third-order valence-electron chi connectivity index (χ3n) is 2.77. The van der Waals surface area contributed by atoms with E-state index in [1.165, 1.54) is 0 Å². The van der Waals surface area contributed by atoms with E-state index in [1.807, 2.05) is 31.0 Å². The summed E-state index contributed by atoms with van der Waals surface area (Å²) in [6, 6.07) is 3.87. The van der Waals surface area contributed by atoms with Crippen LogP contribution in [0.15, 0.2) is 12.1 Å². The Morgan fingerprint density at radius 2 is 1.94 bits per heavy atom. The molecule has 0 spiro atoms. The molecule has 0 heterocycles. The van der Waals surface area contributed by atoms with Crippen molar-refractivity contribution in [3.63, 3.8) is 0 Å². The standard InChI is InChI=1S/C13H20FNO2/c1-10-12(16-3)6-5-11(13(10)17-4)9-15(2)8-7-14/h5-6H,7-9H2,1-4H3. The summed E-state index contributed by atoms with van der Waals surface area (Å²) in [6.07, 6.45) is 0. The molecule has 1 aromatic carbocycles. The van der Waals surface area contributed by atoms with Gasteiger partial charge in [0.1, 0.15) is 18.2 Å². The van der Waals surface area contributed by atoms with Gasteiger partial charge in [-0.1, -0.05) is 6.07 Å². The molecule has 0 saturated heterocycles. The normalized spacial score (nSPS) is 10.7. The first-order chi connectivity index (χ1) is 8.13. The van der Waals surface area contributed by atoms with Crippen molar-refractivity contribution in [2.24, 2.45) is 0 Å². The van der Waals surface area contributed by atoms with Crippen LogP contribution in [-0.4, -0.2) is 39.4 Å². The molecule has 0 bridgehead atoms. The van der Waals surface area contributed by atoms with Crippen molar-refractivity contribution in [3.05, 3.63) is 23.3 Å². The molecule has 0 aromatic heterocycles. The van der Waals surface area contributed by atoms with Gasteiger partial charge >= 0.3 is 0 Å². The van der Waals surface area contributed by atoms with E-state index >= 15 is 0 Å². The largest absolute Gasteiger partial charge is 0.496 e. The van der Waals surface area contributed by atoms with Gasteiger partial charge in [0.2, 0.25) is 0 Å². The first-order valence-corrected chi connectivity index (χ1v) is 5.59. The number of nitrogens with zero attached hydrogens (tertiary/aromatic N) is 1. The van der Waals surface area contributed by atoms with Gasteiger partial charge in [-0.3, -0.25) is 4.90 Å². The smallest absolute Gasteiger partial charge is 0.129 e. The van der Waals surface area contributed by atoms with Crippen molar-refractivity contribution in [1.29, 1.82) is 0 Å². The fourth-order valence-corrected chi connectivity index (χ4v) is 1.87. The topological polar surface area (TPSA) is 21.7 Å². The Bertz CT molecular complexity index is 369. The van der Waals surface area contributed by atoms with Gasteiger partial charge in [-0.25, -0.2) is 4.39 Å². The number of alkyl halides is 1. The van der Waals surface area contributed by atoms with Crippen molar-refractivity contribution >= 4 is 0 Å². The third-order valence-corrected chi connectivity index (χ3v) is 2.77. The number of methoxy groups -OCH3 is 2. The molecule has 1 aromatic rings. The lowest BCUT2D eigenvalue weighted by molar-refractivity contribution is 0.283. The molecule has 0 aliphatic carbocycles. The minimum Gasteiger partial charge on any atom is -0.496 e. The molecule has 0 radical (unpaired) electrons. The van der Waals surface area contributed by atoms with Gasteiger partial charge in [0.15, 0.2) is 0 Å². The number of rotatable bonds is 6. The van der Waals surface area contributed by atoms with Crippen LogP contribution < -0.4 is 9.47 Å². The van der Waals surface area contributed by atoms with Gasteiger partial charge in [0, 0.05) is 24.2 Å². The predicted octanol–water partition coefficient (Wildman–Crippen LogP) is 2.41. The van der Waals surface area contributed by atoms with E-state index in [-0.39, 0.29) is 6.67 Å². The number of hydrogen-bond donors (Lipinski definition) is 0. The van der Waals surface area contributed by atoms with Gasteiger partial charge in [-0.05, 0) is 20.0 Å². The molecule has 3 nitrogen and oxygen atoms in total. The molecule has 0 unspecified atom stereocenters. The van der Waals surface area contributed by atoms with Crippen LogP contribution in [0.3, 0.4) is 0 Å². The molecule has 1 rings (SSSR count).